The van der Waals surface area contributed by atoms with Crippen molar-refractivity contribution in [3.8, 4) is 0 Å². The fourth-order valence-electron chi connectivity index (χ4n) is 1.72. The third kappa shape index (κ3) is 2.78. The molecule has 0 spiro atoms. The highest BCUT2D eigenvalue weighted by atomic mass is 16.5. The molecule has 0 bridgehead atoms. The Morgan fingerprint density at radius 1 is 1.62 bits per heavy atom. The van der Waals surface area contributed by atoms with Gasteiger partial charge in [-0.25, -0.2) is 0 Å². The van der Waals surface area contributed by atoms with Gasteiger partial charge in [-0.1, -0.05) is 5.16 Å². The van der Waals surface area contributed by atoms with Gasteiger partial charge in [0.25, 0.3) is 0 Å². The number of β-amino-alcohol motifs (C(OH)–C–C–N with tert-alkyl or cyclic N) is 1. The lowest BCUT2D eigenvalue weighted by molar-refractivity contribution is 0.149. The second-order valence-corrected chi connectivity index (χ2v) is 3.85. The number of nitrogens with zero attached hydrogens (tertiary/aromatic N) is 2. The molecule has 0 amide bonds. The molecule has 1 aliphatic heterocycles. The SMILES string of the molecule is CCOCCc1noc([C@@H]2CC(O)CN2)n1. The van der Waals surface area contributed by atoms with Gasteiger partial charge in [0.1, 0.15) is 0 Å². The van der Waals surface area contributed by atoms with E-state index in [-0.39, 0.29) is 12.1 Å². The third-order valence-corrected chi connectivity index (χ3v) is 2.56. The zero-order valence-electron chi connectivity index (χ0n) is 9.35. The molecule has 6 heteroatoms. The van der Waals surface area contributed by atoms with Gasteiger partial charge in [-0.15, -0.1) is 0 Å². The van der Waals surface area contributed by atoms with Crippen molar-refractivity contribution in [1.29, 1.82) is 0 Å². The van der Waals surface area contributed by atoms with E-state index in [1.165, 1.54) is 0 Å². The minimum Gasteiger partial charge on any atom is -0.392 e. The first-order valence-corrected chi connectivity index (χ1v) is 5.61. The van der Waals surface area contributed by atoms with E-state index in [4.69, 9.17) is 9.26 Å². The predicted molar refractivity (Wildman–Crippen MR) is 55.9 cm³/mol. The Morgan fingerprint density at radius 2 is 2.50 bits per heavy atom. The smallest absolute Gasteiger partial charge is 0.243 e. The van der Waals surface area contributed by atoms with Crippen LogP contribution < -0.4 is 5.32 Å². The summed E-state index contributed by atoms with van der Waals surface area (Å²) >= 11 is 0. The Hall–Kier alpha value is -0.980. The minimum absolute atomic E-state index is 0.0108. The van der Waals surface area contributed by atoms with Gasteiger partial charge in [-0.3, -0.25) is 0 Å². The van der Waals surface area contributed by atoms with Gasteiger partial charge >= 0.3 is 0 Å². The largest absolute Gasteiger partial charge is 0.392 e. The van der Waals surface area contributed by atoms with Crippen LogP contribution in [0.1, 0.15) is 31.1 Å². The number of aliphatic hydroxyl groups excluding tert-OH is 1. The number of aromatic nitrogens is 2. The number of hydrogen-bond acceptors (Lipinski definition) is 6. The number of ether oxygens (including phenoxy) is 1. The summed E-state index contributed by atoms with van der Waals surface area (Å²) in [4.78, 5) is 4.27. The molecule has 1 aliphatic rings. The fraction of sp³-hybridized carbons (Fsp3) is 0.800. The van der Waals surface area contributed by atoms with Gasteiger partial charge < -0.3 is 19.7 Å². The molecule has 1 aromatic rings. The van der Waals surface area contributed by atoms with Gasteiger partial charge in [0, 0.05) is 19.6 Å². The predicted octanol–water partition coefficient (Wildman–Crippen LogP) is 0.0439. The molecule has 2 atom stereocenters. The summed E-state index contributed by atoms with van der Waals surface area (Å²) in [6.45, 7) is 3.84. The van der Waals surface area contributed by atoms with Crippen LogP contribution in [0.15, 0.2) is 4.52 Å². The van der Waals surface area contributed by atoms with Gasteiger partial charge in [-0.2, -0.15) is 4.98 Å². The molecule has 2 rings (SSSR count). The molecule has 1 unspecified atom stereocenters. The zero-order valence-corrected chi connectivity index (χ0v) is 9.35. The summed E-state index contributed by atoms with van der Waals surface area (Å²) < 4.78 is 10.3. The maximum absolute atomic E-state index is 9.37. The van der Waals surface area contributed by atoms with Gasteiger partial charge in [-0.05, 0) is 13.3 Å². The maximum Gasteiger partial charge on any atom is 0.243 e. The Labute approximate surface area is 94.0 Å². The maximum atomic E-state index is 9.37. The molecule has 1 fully saturated rings. The molecule has 16 heavy (non-hydrogen) atoms. The summed E-state index contributed by atoms with van der Waals surface area (Å²) in [6.07, 6.45) is 0.975. The number of rotatable bonds is 5. The van der Waals surface area contributed by atoms with E-state index >= 15 is 0 Å². The van der Waals surface area contributed by atoms with Crippen molar-refractivity contribution in [1.82, 2.24) is 15.5 Å². The van der Waals surface area contributed by atoms with Crippen molar-refractivity contribution in [2.75, 3.05) is 19.8 Å². The zero-order chi connectivity index (χ0) is 11.4. The topological polar surface area (TPSA) is 80.4 Å². The molecule has 0 radical (unpaired) electrons. The molecule has 0 aromatic carbocycles. The highest BCUT2D eigenvalue weighted by Crippen LogP contribution is 2.21. The average Bonchev–Trinajstić information content (AvgIpc) is 2.87. The van der Waals surface area contributed by atoms with Crippen molar-refractivity contribution in [3.05, 3.63) is 11.7 Å². The van der Waals surface area contributed by atoms with Crippen LogP contribution in [0.3, 0.4) is 0 Å². The number of aliphatic hydroxyl groups is 1. The van der Waals surface area contributed by atoms with Crippen LogP contribution in [-0.2, 0) is 11.2 Å². The fourth-order valence-corrected chi connectivity index (χ4v) is 1.72. The van der Waals surface area contributed by atoms with Crippen molar-refractivity contribution in [2.45, 2.75) is 31.9 Å². The van der Waals surface area contributed by atoms with E-state index in [2.05, 4.69) is 15.5 Å². The van der Waals surface area contributed by atoms with Crippen LogP contribution >= 0.6 is 0 Å². The van der Waals surface area contributed by atoms with Gasteiger partial charge in [0.2, 0.25) is 5.89 Å². The van der Waals surface area contributed by atoms with Gasteiger partial charge in [0.15, 0.2) is 5.82 Å². The van der Waals surface area contributed by atoms with Crippen LogP contribution in [0.25, 0.3) is 0 Å². The normalized spacial score (nSPS) is 25.1. The number of hydrogen-bond donors (Lipinski definition) is 2. The van der Waals surface area contributed by atoms with Crippen LogP contribution in [0.2, 0.25) is 0 Å². The lowest BCUT2D eigenvalue weighted by Gasteiger charge is -2.01. The Balaban J connectivity index is 1.87. The average molecular weight is 227 g/mol. The van der Waals surface area contributed by atoms with E-state index < -0.39 is 0 Å². The molecule has 2 N–H and O–H groups in total. The monoisotopic (exact) mass is 227 g/mol. The van der Waals surface area contributed by atoms with E-state index in [1.807, 2.05) is 6.92 Å². The highest BCUT2D eigenvalue weighted by Gasteiger charge is 2.27. The Morgan fingerprint density at radius 3 is 3.19 bits per heavy atom. The second-order valence-electron chi connectivity index (χ2n) is 3.85. The summed E-state index contributed by atoms with van der Waals surface area (Å²) in [5.41, 5.74) is 0. The first-order valence-electron chi connectivity index (χ1n) is 5.61. The first-order chi connectivity index (χ1) is 7.79. The second kappa shape index (κ2) is 5.38. The highest BCUT2D eigenvalue weighted by molar-refractivity contribution is 4.97. The lowest BCUT2D eigenvalue weighted by atomic mass is 10.2. The quantitative estimate of drug-likeness (QED) is 0.691. The standard InChI is InChI=1S/C10H17N3O3/c1-2-15-4-3-9-12-10(16-13-9)8-5-7(14)6-11-8/h7-8,11,14H,2-6H2,1H3/t7?,8-/m0/s1. The molecular weight excluding hydrogens is 210 g/mol. The molecule has 90 valence electrons. The van der Waals surface area contributed by atoms with E-state index in [0.29, 0.717) is 44.3 Å². The van der Waals surface area contributed by atoms with Crippen molar-refractivity contribution < 1.29 is 14.4 Å². The van der Waals surface area contributed by atoms with Gasteiger partial charge in [0.05, 0.1) is 18.8 Å². The van der Waals surface area contributed by atoms with Crippen LogP contribution in [0, 0.1) is 0 Å². The van der Waals surface area contributed by atoms with Crippen LogP contribution in [-0.4, -0.2) is 41.1 Å². The molecular formula is C10H17N3O3. The lowest BCUT2D eigenvalue weighted by Crippen LogP contribution is -2.15. The molecule has 1 saturated heterocycles. The van der Waals surface area contributed by atoms with Crippen molar-refractivity contribution in [3.63, 3.8) is 0 Å². The molecule has 6 nitrogen and oxygen atoms in total. The molecule has 1 aromatic heterocycles. The number of nitrogens with one attached hydrogen (secondary N) is 1. The van der Waals surface area contributed by atoms with Crippen LogP contribution in [0.5, 0.6) is 0 Å². The third-order valence-electron chi connectivity index (χ3n) is 2.56. The Kier molecular flexibility index (Phi) is 3.87. The summed E-state index contributed by atoms with van der Waals surface area (Å²) in [5.74, 6) is 1.22. The van der Waals surface area contributed by atoms with E-state index in [1.54, 1.807) is 0 Å². The Bertz CT molecular complexity index is 329. The van der Waals surface area contributed by atoms with Crippen LogP contribution in [0.4, 0.5) is 0 Å². The van der Waals surface area contributed by atoms with E-state index in [9.17, 15) is 5.11 Å². The summed E-state index contributed by atoms with van der Waals surface area (Å²) in [6, 6.07) is -0.0108. The minimum atomic E-state index is -0.316. The molecule has 2 heterocycles. The van der Waals surface area contributed by atoms with Crippen molar-refractivity contribution in [2.24, 2.45) is 0 Å². The summed E-state index contributed by atoms with van der Waals surface area (Å²) in [5, 5.41) is 16.4. The summed E-state index contributed by atoms with van der Waals surface area (Å²) in [7, 11) is 0. The molecule has 0 saturated carbocycles. The van der Waals surface area contributed by atoms with E-state index in [0.717, 1.165) is 0 Å². The van der Waals surface area contributed by atoms with Crippen molar-refractivity contribution >= 4 is 0 Å². The molecule has 0 aliphatic carbocycles. The first kappa shape index (κ1) is 11.5.